The zero-order valence-corrected chi connectivity index (χ0v) is 26.6. The molecule has 1 saturated heterocycles. The van der Waals surface area contributed by atoms with E-state index in [1.807, 2.05) is 30.3 Å². The number of benzene rings is 2. The van der Waals surface area contributed by atoms with Crippen molar-refractivity contribution in [3.8, 4) is 17.6 Å². The molecule has 5 nitrogen and oxygen atoms in total. The van der Waals surface area contributed by atoms with Crippen LogP contribution in [0.4, 0.5) is 24.5 Å². The molecule has 1 atom stereocenters. The monoisotopic (exact) mass is 614 g/mol. The van der Waals surface area contributed by atoms with E-state index in [2.05, 4.69) is 48.1 Å². The second kappa shape index (κ2) is 15.7. The number of halogens is 3. The normalized spacial score (nSPS) is 15.2. The lowest BCUT2D eigenvalue weighted by Gasteiger charge is -2.34. The SMILES string of the molecule is CCCSc1ccc(NCC#Cc2cc3c(NC4CCN(CC(C)CCC)CC4)cccc3n2CC(F)(F)F)c(OC)c1. The number of thioether (sulfide) groups is 1. The summed E-state index contributed by atoms with van der Waals surface area (Å²) in [7, 11) is 1.62. The molecule has 1 aromatic heterocycles. The number of alkyl halides is 3. The predicted octanol–water partition coefficient (Wildman–Crippen LogP) is 8.49. The lowest BCUT2D eigenvalue weighted by Crippen LogP contribution is -2.41. The van der Waals surface area contributed by atoms with Crippen molar-refractivity contribution in [2.24, 2.45) is 5.92 Å². The Labute approximate surface area is 258 Å². The first-order chi connectivity index (χ1) is 20.7. The zero-order chi connectivity index (χ0) is 30.8. The maximum Gasteiger partial charge on any atom is 0.406 e. The summed E-state index contributed by atoms with van der Waals surface area (Å²) in [5.74, 6) is 8.48. The first-order valence-corrected chi connectivity index (χ1v) is 16.4. The van der Waals surface area contributed by atoms with E-state index in [1.54, 1.807) is 31.0 Å². The molecular weight excluding hydrogens is 569 g/mol. The number of hydrogen-bond donors (Lipinski definition) is 2. The second-order valence-electron chi connectivity index (χ2n) is 11.4. The molecule has 0 bridgehead atoms. The van der Waals surface area contributed by atoms with Gasteiger partial charge in [0.1, 0.15) is 12.3 Å². The van der Waals surface area contributed by atoms with Gasteiger partial charge in [-0.2, -0.15) is 13.2 Å². The Morgan fingerprint density at radius 2 is 1.86 bits per heavy atom. The Kier molecular flexibility index (Phi) is 12.0. The Bertz CT molecular complexity index is 1390. The number of methoxy groups -OCH3 is 1. The van der Waals surface area contributed by atoms with Crippen LogP contribution in [0.25, 0.3) is 10.9 Å². The van der Waals surface area contributed by atoms with E-state index in [4.69, 9.17) is 4.74 Å². The molecule has 1 aliphatic heterocycles. The third-order valence-electron chi connectivity index (χ3n) is 7.81. The topological polar surface area (TPSA) is 41.5 Å². The molecule has 1 unspecified atom stereocenters. The summed E-state index contributed by atoms with van der Waals surface area (Å²) < 4.78 is 47.8. The van der Waals surface area contributed by atoms with E-state index in [-0.39, 0.29) is 12.6 Å². The summed E-state index contributed by atoms with van der Waals surface area (Å²) in [6, 6.07) is 13.6. The van der Waals surface area contributed by atoms with Gasteiger partial charge in [-0.3, -0.25) is 0 Å². The molecule has 2 N–H and O–H groups in total. The van der Waals surface area contributed by atoms with Crippen molar-refractivity contribution in [2.75, 3.05) is 49.7 Å². The fourth-order valence-electron chi connectivity index (χ4n) is 5.77. The summed E-state index contributed by atoms with van der Waals surface area (Å²) in [6.07, 6.45) is 1.20. The van der Waals surface area contributed by atoms with Crippen LogP contribution in [-0.4, -0.2) is 60.7 Å². The highest BCUT2D eigenvalue weighted by Gasteiger charge is 2.30. The predicted molar refractivity (Wildman–Crippen MR) is 175 cm³/mol. The molecule has 1 fully saturated rings. The van der Waals surface area contributed by atoms with Crippen molar-refractivity contribution >= 4 is 34.0 Å². The van der Waals surface area contributed by atoms with Crippen LogP contribution in [0.3, 0.4) is 0 Å². The quantitative estimate of drug-likeness (QED) is 0.149. The largest absolute Gasteiger partial charge is 0.495 e. The molecule has 9 heteroatoms. The highest BCUT2D eigenvalue weighted by atomic mass is 32.2. The summed E-state index contributed by atoms with van der Waals surface area (Å²) in [5.41, 5.74) is 2.54. The molecule has 2 heterocycles. The molecule has 234 valence electrons. The molecule has 0 aliphatic carbocycles. The Hall–Kier alpha value is -2.96. The van der Waals surface area contributed by atoms with Crippen LogP contribution in [0.5, 0.6) is 5.75 Å². The van der Waals surface area contributed by atoms with Crippen molar-refractivity contribution in [1.82, 2.24) is 9.47 Å². The second-order valence-corrected chi connectivity index (χ2v) is 12.6. The lowest BCUT2D eigenvalue weighted by molar-refractivity contribution is -0.140. The van der Waals surface area contributed by atoms with Gasteiger partial charge in [-0.05, 0) is 79.7 Å². The maximum atomic E-state index is 13.7. The van der Waals surface area contributed by atoms with Crippen LogP contribution in [0.1, 0.15) is 58.6 Å². The molecule has 3 aromatic rings. The summed E-state index contributed by atoms with van der Waals surface area (Å²) in [4.78, 5) is 3.67. The van der Waals surface area contributed by atoms with Crippen LogP contribution >= 0.6 is 11.8 Å². The molecule has 0 spiro atoms. The summed E-state index contributed by atoms with van der Waals surface area (Å²) >= 11 is 1.77. The molecule has 2 aromatic carbocycles. The minimum Gasteiger partial charge on any atom is -0.495 e. The van der Waals surface area contributed by atoms with Gasteiger partial charge in [0.15, 0.2) is 0 Å². The number of likely N-dealkylation sites (tertiary alicyclic amines) is 1. The lowest BCUT2D eigenvalue weighted by atomic mass is 10.0. The smallest absolute Gasteiger partial charge is 0.406 e. The number of nitrogens with zero attached hydrogens (tertiary/aromatic N) is 2. The van der Waals surface area contributed by atoms with E-state index in [0.29, 0.717) is 22.9 Å². The molecule has 0 amide bonds. The molecule has 4 rings (SSSR count). The molecule has 0 radical (unpaired) electrons. The average Bonchev–Trinajstić information content (AvgIpc) is 3.32. The standard InChI is InChI=1S/C34H45F3N4OS/c1-5-9-25(3)23-40-18-15-26(16-19-40)39-30-11-7-12-32-29(30)21-27(41(32)24-34(35,36)37)10-8-17-38-31-14-13-28(43-20-6-2)22-33(31)42-4/h7,11-14,21-22,25-26,38-39H,5-6,9,15-20,23-24H2,1-4H3. The Balaban J connectivity index is 1.48. The van der Waals surface area contributed by atoms with Gasteiger partial charge < -0.3 is 24.8 Å². The summed E-state index contributed by atoms with van der Waals surface area (Å²) in [6.45, 7) is 9.07. The van der Waals surface area contributed by atoms with Crippen molar-refractivity contribution in [3.63, 3.8) is 0 Å². The maximum absolute atomic E-state index is 13.7. The van der Waals surface area contributed by atoms with E-state index < -0.39 is 12.7 Å². The molecule has 43 heavy (non-hydrogen) atoms. The Morgan fingerprint density at radius 1 is 1.07 bits per heavy atom. The first-order valence-electron chi connectivity index (χ1n) is 15.4. The Morgan fingerprint density at radius 3 is 2.56 bits per heavy atom. The van der Waals surface area contributed by atoms with E-state index in [1.165, 1.54) is 17.4 Å². The molecular formula is C34H45F3N4OS. The van der Waals surface area contributed by atoms with Crippen molar-refractivity contribution in [2.45, 2.75) is 76.5 Å². The number of fused-ring (bicyclic) bond motifs is 1. The minimum atomic E-state index is -4.36. The van der Waals surface area contributed by atoms with Gasteiger partial charge in [0.25, 0.3) is 0 Å². The van der Waals surface area contributed by atoms with Gasteiger partial charge in [0.2, 0.25) is 0 Å². The number of anilines is 2. The van der Waals surface area contributed by atoms with Gasteiger partial charge >= 0.3 is 6.18 Å². The highest BCUT2D eigenvalue weighted by Crippen LogP contribution is 2.32. The average molecular weight is 615 g/mol. The number of rotatable bonds is 13. The van der Waals surface area contributed by atoms with E-state index in [9.17, 15) is 13.2 Å². The number of aromatic nitrogens is 1. The fourth-order valence-corrected chi connectivity index (χ4v) is 6.56. The van der Waals surface area contributed by atoms with Gasteiger partial charge in [0.05, 0.1) is 30.6 Å². The zero-order valence-electron chi connectivity index (χ0n) is 25.8. The van der Waals surface area contributed by atoms with Crippen LogP contribution in [0.15, 0.2) is 47.4 Å². The van der Waals surface area contributed by atoms with Crippen molar-refractivity contribution in [3.05, 3.63) is 48.2 Å². The number of piperidine rings is 1. The van der Waals surface area contributed by atoms with Crippen LogP contribution in [-0.2, 0) is 6.54 Å². The van der Waals surface area contributed by atoms with Crippen LogP contribution in [0, 0.1) is 17.8 Å². The number of ether oxygens (including phenoxy) is 1. The van der Waals surface area contributed by atoms with Gasteiger partial charge in [0, 0.05) is 41.6 Å². The summed E-state index contributed by atoms with van der Waals surface area (Å²) in [5, 5.41) is 7.67. The minimum absolute atomic E-state index is 0.270. The third-order valence-corrected chi connectivity index (χ3v) is 9.01. The van der Waals surface area contributed by atoms with Gasteiger partial charge in [-0.25, -0.2) is 0 Å². The van der Waals surface area contributed by atoms with E-state index in [0.717, 1.165) is 66.3 Å². The third kappa shape index (κ3) is 9.51. The number of nitrogens with one attached hydrogen (secondary N) is 2. The highest BCUT2D eigenvalue weighted by molar-refractivity contribution is 7.99. The van der Waals surface area contributed by atoms with Crippen molar-refractivity contribution < 1.29 is 17.9 Å². The molecule has 0 saturated carbocycles. The number of hydrogen-bond acceptors (Lipinski definition) is 5. The van der Waals surface area contributed by atoms with Gasteiger partial charge in [-0.15, -0.1) is 11.8 Å². The van der Waals surface area contributed by atoms with E-state index >= 15 is 0 Å². The van der Waals surface area contributed by atoms with Crippen LogP contribution in [0.2, 0.25) is 0 Å². The van der Waals surface area contributed by atoms with Crippen LogP contribution < -0.4 is 15.4 Å². The fraction of sp³-hybridized carbons (Fsp3) is 0.529. The molecule has 1 aliphatic rings. The van der Waals surface area contributed by atoms with Crippen molar-refractivity contribution in [1.29, 1.82) is 0 Å². The van der Waals surface area contributed by atoms with Gasteiger partial charge in [-0.1, -0.05) is 39.2 Å². The first kappa shape index (κ1) is 32.9.